The van der Waals surface area contributed by atoms with Crippen LogP contribution < -0.4 is 10.6 Å². The number of hydrogen-bond donors (Lipinski definition) is 2. The van der Waals surface area contributed by atoms with Gasteiger partial charge >= 0.3 is 11.8 Å². The quantitative estimate of drug-likeness (QED) is 0.502. The van der Waals surface area contributed by atoms with Crippen molar-refractivity contribution in [1.29, 1.82) is 5.26 Å². The van der Waals surface area contributed by atoms with E-state index in [1.807, 2.05) is 13.8 Å². The van der Waals surface area contributed by atoms with Gasteiger partial charge in [0.2, 0.25) is 0 Å². The van der Waals surface area contributed by atoms with E-state index in [0.29, 0.717) is 12.5 Å². The predicted molar refractivity (Wildman–Crippen MR) is 55.7 cm³/mol. The summed E-state index contributed by atoms with van der Waals surface area (Å²) in [5.74, 6) is -1.02. The molecule has 0 atom stereocenters. The first kappa shape index (κ1) is 13.4. The third kappa shape index (κ3) is 5.68. The minimum Gasteiger partial charge on any atom is -0.348 e. The van der Waals surface area contributed by atoms with Crippen LogP contribution in [0.1, 0.15) is 26.7 Å². The predicted octanol–water partition coefficient (Wildman–Crippen LogP) is 0.179. The van der Waals surface area contributed by atoms with Crippen molar-refractivity contribution in [2.45, 2.75) is 26.7 Å². The first-order valence-corrected chi connectivity index (χ1v) is 5.08. The van der Waals surface area contributed by atoms with Crippen LogP contribution in [-0.2, 0) is 9.59 Å². The topological polar surface area (TPSA) is 82.0 Å². The van der Waals surface area contributed by atoms with Crippen LogP contribution in [0.5, 0.6) is 0 Å². The van der Waals surface area contributed by atoms with E-state index in [0.717, 1.165) is 12.8 Å². The molecule has 0 aromatic rings. The van der Waals surface area contributed by atoms with Crippen LogP contribution in [0.15, 0.2) is 0 Å². The zero-order chi connectivity index (χ0) is 11.7. The number of carbonyl (C=O) groups is 2. The summed E-state index contributed by atoms with van der Waals surface area (Å²) in [5.41, 5.74) is 0. The Morgan fingerprint density at radius 3 is 2.20 bits per heavy atom. The number of amides is 2. The summed E-state index contributed by atoms with van der Waals surface area (Å²) in [6.45, 7) is 4.44. The minimum atomic E-state index is -0.748. The highest BCUT2D eigenvalue weighted by Gasteiger charge is 2.13. The van der Waals surface area contributed by atoms with E-state index in [1.54, 1.807) is 6.07 Å². The fourth-order valence-electron chi connectivity index (χ4n) is 1.09. The molecular formula is C10H17N3O2. The lowest BCUT2D eigenvalue weighted by Crippen LogP contribution is -2.41. The van der Waals surface area contributed by atoms with Gasteiger partial charge in [0.25, 0.3) is 0 Å². The maximum atomic E-state index is 11.2. The van der Waals surface area contributed by atoms with Gasteiger partial charge in [0, 0.05) is 6.54 Å². The van der Waals surface area contributed by atoms with E-state index in [4.69, 9.17) is 5.26 Å². The molecule has 84 valence electrons. The Hall–Kier alpha value is -1.57. The average molecular weight is 211 g/mol. The summed E-state index contributed by atoms with van der Waals surface area (Å²) in [4.78, 5) is 22.2. The molecule has 0 rings (SSSR count). The lowest BCUT2D eigenvalue weighted by Gasteiger charge is -2.12. The molecule has 0 saturated heterocycles. The van der Waals surface area contributed by atoms with Gasteiger partial charge < -0.3 is 10.6 Å². The maximum Gasteiger partial charge on any atom is 0.310 e. The summed E-state index contributed by atoms with van der Waals surface area (Å²) in [7, 11) is 0. The van der Waals surface area contributed by atoms with Crippen LogP contribution in [0.2, 0.25) is 0 Å². The molecule has 0 radical (unpaired) electrons. The Kier molecular flexibility index (Phi) is 6.98. The highest BCUT2D eigenvalue weighted by atomic mass is 16.2. The molecule has 0 aliphatic carbocycles. The van der Waals surface area contributed by atoms with E-state index >= 15 is 0 Å². The van der Waals surface area contributed by atoms with Crippen LogP contribution in [0.25, 0.3) is 0 Å². The number of rotatable bonds is 5. The van der Waals surface area contributed by atoms with Gasteiger partial charge in [-0.25, -0.2) is 0 Å². The number of hydrogen-bond acceptors (Lipinski definition) is 3. The van der Waals surface area contributed by atoms with E-state index in [9.17, 15) is 9.59 Å². The first-order valence-electron chi connectivity index (χ1n) is 5.08. The van der Waals surface area contributed by atoms with Gasteiger partial charge in [-0.1, -0.05) is 26.7 Å². The van der Waals surface area contributed by atoms with Crippen LogP contribution in [0.3, 0.4) is 0 Å². The molecule has 0 spiro atoms. The minimum absolute atomic E-state index is 0.142. The van der Waals surface area contributed by atoms with E-state index in [1.165, 1.54) is 0 Å². The summed E-state index contributed by atoms with van der Waals surface area (Å²) in [5, 5.41) is 12.9. The zero-order valence-electron chi connectivity index (χ0n) is 9.17. The smallest absolute Gasteiger partial charge is 0.310 e. The molecule has 0 fully saturated rings. The molecular weight excluding hydrogens is 194 g/mol. The molecule has 0 bridgehead atoms. The van der Waals surface area contributed by atoms with Crippen molar-refractivity contribution >= 4 is 11.8 Å². The number of nitrogens with one attached hydrogen (secondary N) is 2. The number of nitrogens with zero attached hydrogens (tertiary/aromatic N) is 1. The van der Waals surface area contributed by atoms with E-state index < -0.39 is 11.8 Å². The number of nitriles is 1. The summed E-state index contributed by atoms with van der Waals surface area (Å²) < 4.78 is 0. The maximum absolute atomic E-state index is 11.2. The molecule has 0 aliphatic heterocycles. The van der Waals surface area contributed by atoms with Crippen LogP contribution in [0.4, 0.5) is 0 Å². The van der Waals surface area contributed by atoms with Crippen molar-refractivity contribution in [3.63, 3.8) is 0 Å². The second kappa shape index (κ2) is 7.80. The Balaban J connectivity index is 3.83. The van der Waals surface area contributed by atoms with Crippen LogP contribution >= 0.6 is 0 Å². The lowest BCUT2D eigenvalue weighted by atomic mass is 10.0. The van der Waals surface area contributed by atoms with Gasteiger partial charge in [0.1, 0.15) is 6.54 Å². The van der Waals surface area contributed by atoms with Gasteiger partial charge in [-0.2, -0.15) is 5.26 Å². The molecule has 5 nitrogen and oxygen atoms in total. The third-order valence-electron chi connectivity index (χ3n) is 2.24. The first-order chi connectivity index (χ1) is 7.15. The molecule has 0 heterocycles. The molecule has 0 unspecified atom stereocenters. The highest BCUT2D eigenvalue weighted by molar-refractivity contribution is 6.35. The van der Waals surface area contributed by atoms with Gasteiger partial charge in [-0.15, -0.1) is 0 Å². The number of carbonyl (C=O) groups excluding carboxylic acids is 2. The SMILES string of the molecule is CCC(CC)CNC(=O)C(=O)NCC#N. The Morgan fingerprint density at radius 1 is 1.20 bits per heavy atom. The summed E-state index contributed by atoms with van der Waals surface area (Å²) >= 11 is 0. The molecule has 0 aliphatic rings. The fraction of sp³-hybridized carbons (Fsp3) is 0.700. The molecule has 0 saturated carbocycles. The summed E-state index contributed by atoms with van der Waals surface area (Å²) in [6, 6.07) is 1.73. The van der Waals surface area contributed by atoms with Gasteiger partial charge in [-0.05, 0) is 5.92 Å². The van der Waals surface area contributed by atoms with Gasteiger partial charge in [0.15, 0.2) is 0 Å². The van der Waals surface area contributed by atoms with Crippen LogP contribution in [0, 0.1) is 17.2 Å². The van der Waals surface area contributed by atoms with E-state index in [-0.39, 0.29) is 6.54 Å². The Bertz CT molecular complexity index is 254. The van der Waals surface area contributed by atoms with Crippen molar-refractivity contribution < 1.29 is 9.59 Å². The normalized spacial score (nSPS) is 9.47. The highest BCUT2D eigenvalue weighted by Crippen LogP contribution is 2.04. The van der Waals surface area contributed by atoms with Gasteiger partial charge in [-0.3, -0.25) is 9.59 Å². The fourth-order valence-corrected chi connectivity index (χ4v) is 1.09. The van der Waals surface area contributed by atoms with Crippen molar-refractivity contribution in [1.82, 2.24) is 10.6 Å². The molecule has 0 aromatic carbocycles. The second-order valence-electron chi connectivity index (χ2n) is 3.23. The standard InChI is InChI=1S/C10H17N3O2/c1-3-8(4-2)7-13-10(15)9(14)12-6-5-11/h8H,3-4,6-7H2,1-2H3,(H,12,14)(H,13,15). The lowest BCUT2D eigenvalue weighted by molar-refractivity contribution is -0.139. The largest absolute Gasteiger partial charge is 0.348 e. The molecule has 15 heavy (non-hydrogen) atoms. The monoisotopic (exact) mass is 211 g/mol. The molecule has 5 heteroatoms. The Labute approximate surface area is 89.8 Å². The van der Waals surface area contributed by atoms with Crippen molar-refractivity contribution in [3.05, 3.63) is 0 Å². The van der Waals surface area contributed by atoms with Crippen molar-refractivity contribution in [3.8, 4) is 6.07 Å². The van der Waals surface area contributed by atoms with Crippen molar-refractivity contribution in [2.24, 2.45) is 5.92 Å². The molecule has 2 N–H and O–H groups in total. The van der Waals surface area contributed by atoms with Crippen molar-refractivity contribution in [2.75, 3.05) is 13.1 Å². The van der Waals surface area contributed by atoms with E-state index in [2.05, 4.69) is 10.6 Å². The average Bonchev–Trinajstić information content (AvgIpc) is 2.26. The van der Waals surface area contributed by atoms with Crippen LogP contribution in [-0.4, -0.2) is 24.9 Å². The second-order valence-corrected chi connectivity index (χ2v) is 3.23. The zero-order valence-corrected chi connectivity index (χ0v) is 9.17. The molecule has 0 aromatic heterocycles. The Morgan fingerprint density at radius 2 is 1.73 bits per heavy atom. The molecule has 2 amide bonds. The summed E-state index contributed by atoms with van der Waals surface area (Å²) in [6.07, 6.45) is 1.94. The van der Waals surface area contributed by atoms with Gasteiger partial charge in [0.05, 0.1) is 6.07 Å². The third-order valence-corrected chi connectivity index (χ3v) is 2.24.